The van der Waals surface area contributed by atoms with E-state index in [1.165, 1.54) is 6.20 Å². The highest BCUT2D eigenvalue weighted by atomic mass is 16.5. The fraction of sp³-hybridized carbons (Fsp3) is 0.500. The highest BCUT2D eigenvalue weighted by Crippen LogP contribution is 2.23. The van der Waals surface area contributed by atoms with Gasteiger partial charge >= 0.3 is 5.97 Å². The highest BCUT2D eigenvalue weighted by molar-refractivity contribution is 5.89. The number of aromatic nitrogens is 1. The Balaban J connectivity index is 1.91. The maximum atomic E-state index is 11.4. The van der Waals surface area contributed by atoms with Crippen molar-refractivity contribution < 1.29 is 14.6 Å². The third kappa shape index (κ3) is 2.94. The Morgan fingerprint density at radius 1 is 1.59 bits per heavy atom. The van der Waals surface area contributed by atoms with Crippen LogP contribution in [0.3, 0.4) is 0 Å². The van der Waals surface area contributed by atoms with Crippen molar-refractivity contribution in [2.24, 2.45) is 0 Å². The average Bonchev–Trinajstić information content (AvgIpc) is 2.28. The molecule has 0 bridgehead atoms. The van der Waals surface area contributed by atoms with Gasteiger partial charge in [-0.05, 0) is 31.9 Å². The number of carbonyl (C=O) groups is 1. The first-order valence-electron chi connectivity index (χ1n) is 5.77. The van der Waals surface area contributed by atoms with Crippen molar-refractivity contribution in [1.82, 2.24) is 4.98 Å². The molecule has 17 heavy (non-hydrogen) atoms. The van der Waals surface area contributed by atoms with E-state index in [-0.39, 0.29) is 18.1 Å². The van der Waals surface area contributed by atoms with E-state index in [4.69, 9.17) is 9.84 Å². The van der Waals surface area contributed by atoms with E-state index in [1.807, 2.05) is 0 Å². The predicted molar refractivity (Wildman–Crippen MR) is 62.8 cm³/mol. The summed E-state index contributed by atoms with van der Waals surface area (Å²) in [4.78, 5) is 15.5. The van der Waals surface area contributed by atoms with Crippen LogP contribution in [0.5, 0.6) is 0 Å². The molecule has 1 heterocycles. The number of ether oxygens (including phenoxy) is 1. The molecular formula is C12H16N2O3. The number of hydrogen-bond donors (Lipinski definition) is 2. The largest absolute Gasteiger partial charge is 0.462 e. The monoisotopic (exact) mass is 236 g/mol. The average molecular weight is 236 g/mol. The van der Waals surface area contributed by atoms with Crippen LogP contribution < -0.4 is 5.32 Å². The number of aliphatic hydroxyl groups is 1. The second-order valence-corrected chi connectivity index (χ2v) is 4.12. The van der Waals surface area contributed by atoms with Crippen LogP contribution >= 0.6 is 0 Å². The van der Waals surface area contributed by atoms with E-state index >= 15 is 0 Å². The lowest BCUT2D eigenvalue weighted by molar-refractivity contribution is 0.0526. The number of pyridine rings is 1. The van der Waals surface area contributed by atoms with Crippen molar-refractivity contribution >= 4 is 11.8 Å². The van der Waals surface area contributed by atoms with Gasteiger partial charge in [-0.3, -0.25) is 0 Å². The van der Waals surface area contributed by atoms with Crippen LogP contribution in [-0.2, 0) is 4.74 Å². The topological polar surface area (TPSA) is 71.5 Å². The molecule has 0 atom stereocenters. The number of carbonyl (C=O) groups excluding carboxylic acids is 1. The molecule has 0 spiro atoms. The van der Waals surface area contributed by atoms with E-state index in [0.717, 1.165) is 18.7 Å². The molecule has 1 saturated carbocycles. The summed E-state index contributed by atoms with van der Waals surface area (Å²) < 4.78 is 4.86. The van der Waals surface area contributed by atoms with Gasteiger partial charge in [0.2, 0.25) is 0 Å². The first kappa shape index (κ1) is 11.9. The molecule has 1 aliphatic carbocycles. The van der Waals surface area contributed by atoms with Crippen LogP contribution in [0.2, 0.25) is 0 Å². The summed E-state index contributed by atoms with van der Waals surface area (Å²) in [5.74, 6) is 0.362. The quantitative estimate of drug-likeness (QED) is 0.768. The van der Waals surface area contributed by atoms with Crippen molar-refractivity contribution in [3.05, 3.63) is 23.9 Å². The number of rotatable bonds is 4. The number of nitrogens with one attached hydrogen (secondary N) is 1. The summed E-state index contributed by atoms with van der Waals surface area (Å²) in [7, 11) is 0. The van der Waals surface area contributed by atoms with Gasteiger partial charge in [-0.25, -0.2) is 9.78 Å². The maximum Gasteiger partial charge on any atom is 0.339 e. The van der Waals surface area contributed by atoms with Crippen molar-refractivity contribution in [3.63, 3.8) is 0 Å². The van der Waals surface area contributed by atoms with Gasteiger partial charge in [0.25, 0.3) is 0 Å². The van der Waals surface area contributed by atoms with Gasteiger partial charge < -0.3 is 15.2 Å². The van der Waals surface area contributed by atoms with Gasteiger partial charge in [0.1, 0.15) is 5.82 Å². The molecule has 2 rings (SSSR count). The number of anilines is 1. The van der Waals surface area contributed by atoms with Gasteiger partial charge in [-0.15, -0.1) is 0 Å². The fourth-order valence-electron chi connectivity index (χ4n) is 1.73. The number of aliphatic hydroxyl groups excluding tert-OH is 1. The molecule has 1 aromatic heterocycles. The van der Waals surface area contributed by atoms with Crippen LogP contribution in [0.15, 0.2) is 18.3 Å². The molecule has 0 saturated heterocycles. The molecule has 2 N–H and O–H groups in total. The maximum absolute atomic E-state index is 11.4. The molecule has 0 radical (unpaired) electrons. The summed E-state index contributed by atoms with van der Waals surface area (Å²) in [5, 5.41) is 12.3. The molecule has 92 valence electrons. The minimum absolute atomic E-state index is 0.189. The molecule has 1 aliphatic rings. The summed E-state index contributed by atoms with van der Waals surface area (Å²) in [6.45, 7) is 2.13. The molecular weight excluding hydrogens is 220 g/mol. The minimum atomic E-state index is -0.356. The normalized spacial score (nSPS) is 22.7. The molecule has 0 aromatic carbocycles. The second kappa shape index (κ2) is 5.14. The standard InChI is InChI=1S/C12H16N2O3/c1-2-17-12(16)8-3-4-11(13-7-8)14-9-5-10(15)6-9/h3-4,7,9-10,15H,2,5-6H2,1H3,(H,13,14). The third-order valence-electron chi connectivity index (χ3n) is 2.74. The molecule has 5 nitrogen and oxygen atoms in total. The third-order valence-corrected chi connectivity index (χ3v) is 2.74. The molecule has 0 unspecified atom stereocenters. The summed E-state index contributed by atoms with van der Waals surface area (Å²) in [6.07, 6.45) is 2.81. The van der Waals surface area contributed by atoms with E-state index in [1.54, 1.807) is 19.1 Å². The summed E-state index contributed by atoms with van der Waals surface area (Å²) >= 11 is 0. The molecule has 0 aliphatic heterocycles. The van der Waals surface area contributed by atoms with Gasteiger partial charge in [-0.1, -0.05) is 0 Å². The Morgan fingerprint density at radius 2 is 2.35 bits per heavy atom. The fourth-order valence-corrected chi connectivity index (χ4v) is 1.73. The SMILES string of the molecule is CCOC(=O)c1ccc(NC2CC(O)C2)nc1. The minimum Gasteiger partial charge on any atom is -0.462 e. The van der Waals surface area contributed by atoms with Gasteiger partial charge in [0.05, 0.1) is 18.3 Å². The Morgan fingerprint density at radius 3 is 2.88 bits per heavy atom. The van der Waals surface area contributed by atoms with Crippen molar-refractivity contribution in [2.45, 2.75) is 31.9 Å². The summed E-state index contributed by atoms with van der Waals surface area (Å²) in [6, 6.07) is 3.71. The predicted octanol–water partition coefficient (Wildman–Crippen LogP) is 1.19. The Labute approximate surface area is 99.8 Å². The molecule has 0 amide bonds. The van der Waals surface area contributed by atoms with Crippen molar-refractivity contribution in [3.8, 4) is 0 Å². The van der Waals surface area contributed by atoms with Crippen LogP contribution in [0, 0.1) is 0 Å². The zero-order valence-corrected chi connectivity index (χ0v) is 9.72. The first-order chi connectivity index (χ1) is 8.19. The van der Waals surface area contributed by atoms with Crippen LogP contribution in [-0.4, -0.2) is 34.8 Å². The van der Waals surface area contributed by atoms with Gasteiger partial charge in [-0.2, -0.15) is 0 Å². The zero-order chi connectivity index (χ0) is 12.3. The van der Waals surface area contributed by atoms with E-state index < -0.39 is 0 Å². The number of nitrogens with zero attached hydrogens (tertiary/aromatic N) is 1. The number of esters is 1. The van der Waals surface area contributed by atoms with Crippen molar-refractivity contribution in [1.29, 1.82) is 0 Å². The lowest BCUT2D eigenvalue weighted by atomic mass is 9.89. The molecule has 1 aromatic rings. The zero-order valence-electron chi connectivity index (χ0n) is 9.72. The lowest BCUT2D eigenvalue weighted by Gasteiger charge is -2.32. The highest BCUT2D eigenvalue weighted by Gasteiger charge is 2.27. The molecule has 5 heteroatoms. The smallest absolute Gasteiger partial charge is 0.339 e. The lowest BCUT2D eigenvalue weighted by Crippen LogP contribution is -2.39. The number of hydrogen-bond acceptors (Lipinski definition) is 5. The van der Waals surface area contributed by atoms with E-state index in [9.17, 15) is 4.79 Å². The Hall–Kier alpha value is -1.62. The Kier molecular flexibility index (Phi) is 3.58. The molecule has 1 fully saturated rings. The Bertz CT molecular complexity index is 385. The van der Waals surface area contributed by atoms with Crippen LogP contribution in [0.1, 0.15) is 30.1 Å². The summed E-state index contributed by atoms with van der Waals surface area (Å²) in [5.41, 5.74) is 0.450. The van der Waals surface area contributed by atoms with Gasteiger partial charge in [0.15, 0.2) is 0 Å². The second-order valence-electron chi connectivity index (χ2n) is 4.12. The van der Waals surface area contributed by atoms with Crippen molar-refractivity contribution in [2.75, 3.05) is 11.9 Å². The van der Waals surface area contributed by atoms with Gasteiger partial charge in [0, 0.05) is 12.2 Å². The first-order valence-corrected chi connectivity index (χ1v) is 5.77. The van der Waals surface area contributed by atoms with E-state index in [2.05, 4.69) is 10.3 Å². The van der Waals surface area contributed by atoms with Crippen LogP contribution in [0.4, 0.5) is 5.82 Å². The van der Waals surface area contributed by atoms with Crippen LogP contribution in [0.25, 0.3) is 0 Å². The van der Waals surface area contributed by atoms with E-state index in [0.29, 0.717) is 12.2 Å².